The summed E-state index contributed by atoms with van der Waals surface area (Å²) in [4.78, 5) is 15.9. The number of carbonyl (C=O) groups is 1. The van der Waals surface area contributed by atoms with E-state index in [0.29, 0.717) is 24.9 Å². The molecule has 0 aliphatic heterocycles. The normalized spacial score (nSPS) is 15.9. The highest BCUT2D eigenvalue weighted by Gasteiger charge is 2.30. The first-order valence-electron chi connectivity index (χ1n) is 7.40. The van der Waals surface area contributed by atoms with Crippen molar-refractivity contribution in [1.29, 1.82) is 0 Å². The van der Waals surface area contributed by atoms with E-state index in [1.165, 1.54) is 19.2 Å². The average molecular weight is 288 g/mol. The van der Waals surface area contributed by atoms with Crippen molar-refractivity contribution in [3.05, 3.63) is 24.9 Å². The molecule has 1 saturated carbocycles. The maximum atomic E-state index is 12.0. The van der Waals surface area contributed by atoms with E-state index in [0.717, 1.165) is 12.2 Å². The summed E-state index contributed by atoms with van der Waals surface area (Å²) in [5.41, 5.74) is 0. The highest BCUT2D eigenvalue weighted by atomic mass is 16.1. The van der Waals surface area contributed by atoms with Crippen LogP contribution in [0, 0.1) is 5.92 Å². The van der Waals surface area contributed by atoms with Gasteiger partial charge in [-0.3, -0.25) is 9.48 Å². The quantitative estimate of drug-likeness (QED) is 0.843. The molecule has 1 aliphatic rings. The fourth-order valence-corrected chi connectivity index (χ4v) is 2.47. The number of hydrogen-bond donors (Lipinski definition) is 1. The van der Waals surface area contributed by atoms with E-state index in [-0.39, 0.29) is 5.91 Å². The molecule has 1 N–H and O–H groups in total. The van der Waals surface area contributed by atoms with Crippen molar-refractivity contribution in [2.24, 2.45) is 5.92 Å². The van der Waals surface area contributed by atoms with Crippen molar-refractivity contribution in [3.63, 3.8) is 0 Å². The number of nitrogens with zero attached hydrogens (tertiary/aromatic N) is 5. The van der Waals surface area contributed by atoms with Crippen molar-refractivity contribution >= 4 is 11.7 Å². The topological polar surface area (TPSA) is 77.6 Å². The third-order valence-corrected chi connectivity index (χ3v) is 3.89. The molecule has 1 unspecified atom stereocenters. The summed E-state index contributed by atoms with van der Waals surface area (Å²) < 4.78 is 3.65. The molecule has 1 fully saturated rings. The number of nitrogens with one attached hydrogen (secondary N) is 1. The molecule has 2 aromatic rings. The van der Waals surface area contributed by atoms with Crippen molar-refractivity contribution in [2.75, 3.05) is 5.32 Å². The monoisotopic (exact) mass is 288 g/mol. The molecule has 2 aromatic heterocycles. The second kappa shape index (κ2) is 6.07. The molecule has 2 heterocycles. The van der Waals surface area contributed by atoms with Gasteiger partial charge in [0, 0.05) is 19.0 Å². The van der Waals surface area contributed by atoms with Gasteiger partial charge in [-0.05, 0) is 32.1 Å². The van der Waals surface area contributed by atoms with Crippen LogP contribution in [-0.4, -0.2) is 30.5 Å². The summed E-state index contributed by atoms with van der Waals surface area (Å²) >= 11 is 0. The minimum Gasteiger partial charge on any atom is -0.311 e. The van der Waals surface area contributed by atoms with Crippen LogP contribution in [-0.2, 0) is 11.3 Å². The summed E-state index contributed by atoms with van der Waals surface area (Å²) in [6.07, 6.45) is 8.61. The van der Waals surface area contributed by atoms with Crippen molar-refractivity contribution < 1.29 is 4.79 Å². The highest BCUT2D eigenvalue weighted by molar-refractivity contribution is 5.89. The van der Waals surface area contributed by atoms with Gasteiger partial charge in [-0.25, -0.2) is 9.67 Å². The van der Waals surface area contributed by atoms with Gasteiger partial charge in [0.1, 0.15) is 18.5 Å². The molecular weight excluding hydrogens is 268 g/mol. The highest BCUT2D eigenvalue weighted by Crippen LogP contribution is 2.40. The lowest BCUT2D eigenvalue weighted by Crippen LogP contribution is -2.18. The van der Waals surface area contributed by atoms with E-state index in [9.17, 15) is 4.79 Å². The van der Waals surface area contributed by atoms with Crippen molar-refractivity contribution in [2.45, 2.75) is 45.2 Å². The minimum absolute atomic E-state index is 0.0138. The molecule has 0 saturated heterocycles. The molecule has 1 amide bonds. The maximum Gasteiger partial charge on any atom is 0.225 e. The lowest BCUT2D eigenvalue weighted by atomic mass is 10.2. The molecule has 1 atom stereocenters. The van der Waals surface area contributed by atoms with E-state index >= 15 is 0 Å². The zero-order valence-electron chi connectivity index (χ0n) is 12.1. The molecule has 7 nitrogen and oxygen atoms in total. The van der Waals surface area contributed by atoms with Crippen molar-refractivity contribution in [1.82, 2.24) is 24.5 Å². The lowest BCUT2D eigenvalue weighted by Gasteiger charge is -2.15. The molecule has 112 valence electrons. The van der Waals surface area contributed by atoms with Crippen LogP contribution in [0.3, 0.4) is 0 Å². The van der Waals surface area contributed by atoms with E-state index in [4.69, 9.17) is 0 Å². The van der Waals surface area contributed by atoms with Gasteiger partial charge in [-0.15, -0.1) is 0 Å². The molecule has 0 spiro atoms. The van der Waals surface area contributed by atoms with Crippen LogP contribution in [0.2, 0.25) is 0 Å². The van der Waals surface area contributed by atoms with Crippen LogP contribution >= 0.6 is 0 Å². The van der Waals surface area contributed by atoms with Crippen LogP contribution in [0.1, 0.15) is 38.6 Å². The Hall–Kier alpha value is -2.18. The van der Waals surface area contributed by atoms with E-state index in [2.05, 4.69) is 27.4 Å². The van der Waals surface area contributed by atoms with E-state index in [1.807, 2.05) is 10.7 Å². The number of hydrogen-bond acceptors (Lipinski definition) is 4. The van der Waals surface area contributed by atoms with E-state index < -0.39 is 0 Å². The minimum atomic E-state index is 0.0138. The Bertz CT molecular complexity index is 586. The predicted octanol–water partition coefficient (Wildman–Crippen LogP) is 1.86. The largest absolute Gasteiger partial charge is 0.311 e. The Kier molecular flexibility index (Phi) is 3.98. The van der Waals surface area contributed by atoms with Gasteiger partial charge in [-0.1, -0.05) is 0 Å². The molecule has 0 aromatic carbocycles. The molecule has 7 heteroatoms. The van der Waals surface area contributed by atoms with Gasteiger partial charge in [0.15, 0.2) is 0 Å². The first-order chi connectivity index (χ1) is 10.2. The van der Waals surface area contributed by atoms with Gasteiger partial charge in [-0.2, -0.15) is 10.2 Å². The standard InChI is InChI=1S/C14H20N6O/c1-11(12-4-5-12)20-13(6-7-16-20)18-14(21)3-2-8-19-10-15-9-17-19/h6-7,9-12H,2-5,8H2,1H3,(H,18,21). The fraction of sp³-hybridized carbons (Fsp3) is 0.571. The van der Waals surface area contributed by atoms with Gasteiger partial charge < -0.3 is 5.32 Å². The molecule has 0 radical (unpaired) electrons. The molecule has 0 bridgehead atoms. The molecule has 21 heavy (non-hydrogen) atoms. The Morgan fingerprint density at radius 2 is 2.33 bits per heavy atom. The second-order valence-electron chi connectivity index (χ2n) is 5.55. The Balaban J connectivity index is 1.49. The van der Waals surface area contributed by atoms with Crippen LogP contribution in [0.5, 0.6) is 0 Å². The Morgan fingerprint density at radius 3 is 3.05 bits per heavy atom. The summed E-state index contributed by atoms with van der Waals surface area (Å²) in [7, 11) is 0. The summed E-state index contributed by atoms with van der Waals surface area (Å²) in [6, 6.07) is 2.21. The second-order valence-corrected chi connectivity index (χ2v) is 5.55. The SMILES string of the molecule is CC(C1CC1)n1nccc1NC(=O)CCCn1cncn1. The first kappa shape index (κ1) is 13.8. The number of amides is 1. The lowest BCUT2D eigenvalue weighted by molar-refractivity contribution is -0.116. The smallest absolute Gasteiger partial charge is 0.225 e. The number of aryl methyl sites for hydroxylation is 1. The Labute approximate surface area is 123 Å². The summed E-state index contributed by atoms with van der Waals surface area (Å²) in [5, 5.41) is 11.3. The number of carbonyl (C=O) groups excluding carboxylic acids is 1. The molecular formula is C14H20N6O. The van der Waals surface area contributed by atoms with Crippen LogP contribution in [0.25, 0.3) is 0 Å². The average Bonchev–Trinajstić information content (AvgIpc) is 3.00. The van der Waals surface area contributed by atoms with Crippen molar-refractivity contribution in [3.8, 4) is 0 Å². The number of anilines is 1. The molecule has 1 aliphatic carbocycles. The zero-order chi connectivity index (χ0) is 14.7. The summed E-state index contributed by atoms with van der Waals surface area (Å²) in [5.74, 6) is 1.51. The van der Waals surface area contributed by atoms with Crippen LogP contribution < -0.4 is 5.32 Å². The van der Waals surface area contributed by atoms with Gasteiger partial charge in [0.05, 0.1) is 12.2 Å². The zero-order valence-corrected chi connectivity index (χ0v) is 12.1. The number of aromatic nitrogens is 5. The van der Waals surface area contributed by atoms with Gasteiger partial charge >= 0.3 is 0 Å². The third-order valence-electron chi connectivity index (χ3n) is 3.89. The summed E-state index contributed by atoms with van der Waals surface area (Å²) in [6.45, 7) is 2.86. The van der Waals surface area contributed by atoms with E-state index in [1.54, 1.807) is 17.2 Å². The Morgan fingerprint density at radius 1 is 1.48 bits per heavy atom. The maximum absolute atomic E-state index is 12.0. The van der Waals surface area contributed by atoms with Gasteiger partial charge in [0.2, 0.25) is 5.91 Å². The third kappa shape index (κ3) is 3.48. The first-order valence-corrected chi connectivity index (χ1v) is 7.40. The number of rotatable bonds is 7. The van der Waals surface area contributed by atoms with Gasteiger partial charge in [0.25, 0.3) is 0 Å². The fourth-order valence-electron chi connectivity index (χ4n) is 2.47. The van der Waals surface area contributed by atoms with Crippen LogP contribution in [0.15, 0.2) is 24.9 Å². The molecule has 3 rings (SSSR count). The van der Waals surface area contributed by atoms with Crippen LogP contribution in [0.4, 0.5) is 5.82 Å². The predicted molar refractivity (Wildman–Crippen MR) is 77.5 cm³/mol.